The molecule has 0 radical (unpaired) electrons. The number of aliphatic imine (C=N–C) groups is 1. The van der Waals surface area contributed by atoms with Gasteiger partial charge in [-0.15, -0.1) is 0 Å². The lowest BCUT2D eigenvalue weighted by molar-refractivity contribution is 0.443. The van der Waals surface area contributed by atoms with Crippen LogP contribution in [-0.4, -0.2) is 12.3 Å². The molecule has 0 aromatic rings. The fourth-order valence-corrected chi connectivity index (χ4v) is 2.39. The van der Waals surface area contributed by atoms with Gasteiger partial charge in [0.2, 0.25) is 0 Å². The number of hydrogen-bond donors (Lipinski definition) is 0. The van der Waals surface area contributed by atoms with Gasteiger partial charge in [-0.25, -0.2) is 0 Å². The molecule has 0 bridgehead atoms. The Balaban J connectivity index is 2.11. The monoisotopic (exact) mass is 235 g/mol. The molecule has 1 atom stereocenters. The van der Waals surface area contributed by atoms with Crippen LogP contribution in [0.1, 0.15) is 72.1 Å². The molecule has 0 N–H and O–H groups in total. The number of hydrogen-bond acceptors (Lipinski definition) is 1. The van der Waals surface area contributed by atoms with Crippen molar-refractivity contribution in [2.45, 2.75) is 78.2 Å². The summed E-state index contributed by atoms with van der Waals surface area (Å²) >= 11 is 0. The van der Waals surface area contributed by atoms with Gasteiger partial charge in [0.25, 0.3) is 0 Å². The molecule has 0 unspecified atom stereocenters. The van der Waals surface area contributed by atoms with E-state index in [2.05, 4.69) is 33.1 Å². The van der Waals surface area contributed by atoms with Gasteiger partial charge in [0, 0.05) is 6.04 Å². The molecular formula is C16H29N. The van der Waals surface area contributed by atoms with Gasteiger partial charge in [0.15, 0.2) is 0 Å². The summed E-state index contributed by atoms with van der Waals surface area (Å²) in [6.45, 7) is 6.69. The third kappa shape index (κ3) is 7.36. The van der Waals surface area contributed by atoms with E-state index in [0.717, 1.165) is 12.3 Å². The van der Waals surface area contributed by atoms with Crippen LogP contribution in [0.2, 0.25) is 0 Å². The standard InChI is InChI=1S/C16H29N/c1-14(2)8-7-9-15(3)12-13-17-16-10-5-4-6-11-16/h8,13,15-16H,4-7,9-12H2,1-3H3/t15-/m0/s1. The van der Waals surface area contributed by atoms with Gasteiger partial charge in [-0.2, -0.15) is 0 Å². The molecule has 0 spiro atoms. The molecule has 1 aliphatic carbocycles. The van der Waals surface area contributed by atoms with Crippen LogP contribution in [0.3, 0.4) is 0 Å². The van der Waals surface area contributed by atoms with Crippen molar-refractivity contribution >= 4 is 6.21 Å². The van der Waals surface area contributed by atoms with Gasteiger partial charge < -0.3 is 0 Å². The molecule has 1 aliphatic rings. The first-order chi connectivity index (χ1) is 8.18. The molecule has 0 saturated heterocycles. The van der Waals surface area contributed by atoms with Crippen molar-refractivity contribution in [1.29, 1.82) is 0 Å². The average molecular weight is 235 g/mol. The zero-order chi connectivity index (χ0) is 12.5. The molecule has 0 aliphatic heterocycles. The van der Waals surface area contributed by atoms with Crippen molar-refractivity contribution in [3.63, 3.8) is 0 Å². The minimum absolute atomic E-state index is 0.647. The van der Waals surface area contributed by atoms with Crippen LogP contribution < -0.4 is 0 Å². The SMILES string of the molecule is CC(C)=CCC[C@H](C)CC=NC1CCCCC1. The van der Waals surface area contributed by atoms with E-state index in [1.807, 2.05) is 0 Å². The van der Waals surface area contributed by atoms with Crippen molar-refractivity contribution in [3.05, 3.63) is 11.6 Å². The smallest absolute Gasteiger partial charge is 0.0495 e. The molecule has 1 fully saturated rings. The molecule has 98 valence electrons. The molecular weight excluding hydrogens is 206 g/mol. The normalized spacial score (nSPS) is 19.5. The van der Waals surface area contributed by atoms with Crippen molar-refractivity contribution < 1.29 is 0 Å². The Bertz CT molecular complexity index is 242. The van der Waals surface area contributed by atoms with Gasteiger partial charge in [-0.3, -0.25) is 4.99 Å². The summed E-state index contributed by atoms with van der Waals surface area (Å²) in [6.07, 6.45) is 15.1. The van der Waals surface area contributed by atoms with E-state index in [1.165, 1.54) is 50.5 Å². The minimum atomic E-state index is 0.647. The molecule has 0 amide bonds. The molecule has 0 heterocycles. The van der Waals surface area contributed by atoms with Crippen LogP contribution >= 0.6 is 0 Å². The van der Waals surface area contributed by atoms with Crippen LogP contribution in [-0.2, 0) is 0 Å². The largest absolute Gasteiger partial charge is 0.294 e. The summed E-state index contributed by atoms with van der Waals surface area (Å²) in [6, 6.07) is 0.647. The lowest BCUT2D eigenvalue weighted by Gasteiger charge is -2.17. The van der Waals surface area contributed by atoms with Crippen LogP contribution in [0.4, 0.5) is 0 Å². The second-order valence-corrected chi connectivity index (χ2v) is 5.82. The van der Waals surface area contributed by atoms with Crippen molar-refractivity contribution in [2.24, 2.45) is 10.9 Å². The highest BCUT2D eigenvalue weighted by molar-refractivity contribution is 5.57. The Morgan fingerprint density at radius 3 is 2.59 bits per heavy atom. The molecule has 1 saturated carbocycles. The van der Waals surface area contributed by atoms with Gasteiger partial charge in [0.1, 0.15) is 0 Å². The molecule has 1 heteroatoms. The molecule has 0 aromatic heterocycles. The highest BCUT2D eigenvalue weighted by atomic mass is 14.8. The Kier molecular flexibility index (Phi) is 7.23. The van der Waals surface area contributed by atoms with E-state index in [0.29, 0.717) is 6.04 Å². The fourth-order valence-electron chi connectivity index (χ4n) is 2.39. The Morgan fingerprint density at radius 1 is 1.24 bits per heavy atom. The maximum absolute atomic E-state index is 4.73. The molecule has 0 aromatic carbocycles. The lowest BCUT2D eigenvalue weighted by atomic mass is 9.96. The molecule has 1 rings (SSSR count). The maximum Gasteiger partial charge on any atom is 0.0495 e. The summed E-state index contributed by atoms with van der Waals surface area (Å²) in [7, 11) is 0. The first-order valence-electron chi connectivity index (χ1n) is 7.33. The van der Waals surface area contributed by atoms with Crippen LogP contribution in [0.5, 0.6) is 0 Å². The first kappa shape index (κ1) is 14.5. The maximum atomic E-state index is 4.73. The third-order valence-corrected chi connectivity index (χ3v) is 3.61. The van der Waals surface area contributed by atoms with Crippen LogP contribution in [0.25, 0.3) is 0 Å². The minimum Gasteiger partial charge on any atom is -0.294 e. The summed E-state index contributed by atoms with van der Waals surface area (Å²) < 4.78 is 0. The van der Waals surface area contributed by atoms with Crippen LogP contribution in [0.15, 0.2) is 16.6 Å². The van der Waals surface area contributed by atoms with Crippen molar-refractivity contribution in [2.75, 3.05) is 0 Å². The van der Waals surface area contributed by atoms with E-state index in [4.69, 9.17) is 4.99 Å². The van der Waals surface area contributed by atoms with Gasteiger partial charge in [-0.1, -0.05) is 37.8 Å². The molecule has 17 heavy (non-hydrogen) atoms. The predicted molar refractivity (Wildman–Crippen MR) is 77.8 cm³/mol. The summed E-state index contributed by atoms with van der Waals surface area (Å²) in [5, 5.41) is 0. The fraction of sp³-hybridized carbons (Fsp3) is 0.812. The van der Waals surface area contributed by atoms with Gasteiger partial charge >= 0.3 is 0 Å². The summed E-state index contributed by atoms with van der Waals surface area (Å²) in [4.78, 5) is 4.73. The Hall–Kier alpha value is -0.590. The number of rotatable bonds is 6. The Morgan fingerprint density at radius 2 is 1.94 bits per heavy atom. The third-order valence-electron chi connectivity index (χ3n) is 3.61. The van der Waals surface area contributed by atoms with Gasteiger partial charge in [-0.05, 0) is 58.1 Å². The second kappa shape index (κ2) is 8.49. The molecule has 1 nitrogen and oxygen atoms in total. The number of allylic oxidation sites excluding steroid dienone is 2. The van der Waals surface area contributed by atoms with E-state index in [9.17, 15) is 0 Å². The summed E-state index contributed by atoms with van der Waals surface area (Å²) in [5.41, 5.74) is 1.44. The van der Waals surface area contributed by atoms with E-state index in [-0.39, 0.29) is 0 Å². The lowest BCUT2D eigenvalue weighted by Crippen LogP contribution is -2.09. The van der Waals surface area contributed by atoms with Crippen molar-refractivity contribution in [1.82, 2.24) is 0 Å². The average Bonchev–Trinajstić information content (AvgIpc) is 2.30. The highest BCUT2D eigenvalue weighted by Crippen LogP contribution is 2.20. The first-order valence-corrected chi connectivity index (χ1v) is 7.33. The quantitative estimate of drug-likeness (QED) is 0.445. The summed E-state index contributed by atoms with van der Waals surface area (Å²) in [5.74, 6) is 0.776. The van der Waals surface area contributed by atoms with E-state index >= 15 is 0 Å². The number of nitrogens with zero attached hydrogens (tertiary/aromatic N) is 1. The van der Waals surface area contributed by atoms with E-state index < -0.39 is 0 Å². The highest BCUT2D eigenvalue weighted by Gasteiger charge is 2.10. The van der Waals surface area contributed by atoms with Crippen molar-refractivity contribution in [3.8, 4) is 0 Å². The zero-order valence-corrected chi connectivity index (χ0v) is 11.9. The van der Waals surface area contributed by atoms with Crippen LogP contribution in [0, 0.1) is 5.92 Å². The van der Waals surface area contributed by atoms with E-state index in [1.54, 1.807) is 0 Å². The zero-order valence-electron chi connectivity index (χ0n) is 11.9. The second-order valence-electron chi connectivity index (χ2n) is 5.82. The predicted octanol–water partition coefficient (Wildman–Crippen LogP) is 5.16. The topological polar surface area (TPSA) is 12.4 Å². The van der Waals surface area contributed by atoms with Gasteiger partial charge in [0.05, 0.1) is 0 Å². The Labute approximate surface area is 107 Å².